The van der Waals surface area contributed by atoms with Gasteiger partial charge < -0.3 is 10.2 Å². The summed E-state index contributed by atoms with van der Waals surface area (Å²) in [5.74, 6) is 2.62. The zero-order valence-corrected chi connectivity index (χ0v) is 18.2. The number of nitrogens with zero attached hydrogens (tertiary/aromatic N) is 5. The van der Waals surface area contributed by atoms with Crippen LogP contribution in [0.3, 0.4) is 0 Å². The number of nitrogens with one attached hydrogen (secondary N) is 1. The van der Waals surface area contributed by atoms with Crippen LogP contribution >= 0.6 is 11.6 Å². The largest absolute Gasteiger partial charge is 0.347 e. The summed E-state index contributed by atoms with van der Waals surface area (Å²) in [7, 11) is 3.68. The van der Waals surface area contributed by atoms with Gasteiger partial charge in [0.15, 0.2) is 5.82 Å². The lowest BCUT2D eigenvalue weighted by molar-refractivity contribution is -0.136. The van der Waals surface area contributed by atoms with Crippen LogP contribution in [0.5, 0.6) is 0 Å². The summed E-state index contributed by atoms with van der Waals surface area (Å²) in [6.45, 7) is 3.56. The van der Waals surface area contributed by atoms with Crippen LogP contribution < -0.4 is 5.32 Å². The normalized spacial score (nSPS) is 23.7. The predicted molar refractivity (Wildman–Crippen MR) is 114 cm³/mol. The van der Waals surface area contributed by atoms with E-state index in [1.807, 2.05) is 26.2 Å². The number of hydrogen-bond acceptors (Lipinski definition) is 5. The van der Waals surface area contributed by atoms with Crippen LogP contribution in [0.4, 0.5) is 0 Å². The molecule has 6 rings (SSSR count). The molecule has 1 spiro atoms. The lowest BCUT2D eigenvalue weighted by Gasteiger charge is -2.54. The average Bonchev–Trinajstić information content (AvgIpc) is 3.38. The van der Waals surface area contributed by atoms with E-state index in [0.717, 1.165) is 53.9 Å². The molecule has 3 heterocycles. The van der Waals surface area contributed by atoms with E-state index in [1.165, 1.54) is 12.8 Å². The van der Waals surface area contributed by atoms with E-state index in [2.05, 4.69) is 31.0 Å². The molecule has 0 bridgehead atoms. The molecule has 2 saturated carbocycles. The third-order valence-electron chi connectivity index (χ3n) is 7.59. The highest BCUT2D eigenvalue weighted by Crippen LogP contribution is 2.53. The van der Waals surface area contributed by atoms with E-state index in [9.17, 15) is 4.79 Å². The van der Waals surface area contributed by atoms with Crippen LogP contribution in [-0.2, 0) is 17.9 Å². The Hall–Kier alpha value is -1.96. The minimum atomic E-state index is -0.428. The van der Waals surface area contributed by atoms with Crippen molar-refractivity contribution in [3.63, 3.8) is 0 Å². The fourth-order valence-electron chi connectivity index (χ4n) is 5.73. The Labute approximate surface area is 181 Å². The first-order valence-corrected chi connectivity index (χ1v) is 11.2. The van der Waals surface area contributed by atoms with Crippen molar-refractivity contribution in [2.24, 2.45) is 5.41 Å². The first-order chi connectivity index (χ1) is 14.4. The molecule has 1 N–H and O–H groups in total. The Morgan fingerprint density at radius 3 is 2.60 bits per heavy atom. The molecule has 1 amide bonds. The van der Waals surface area contributed by atoms with E-state index < -0.39 is 5.54 Å². The van der Waals surface area contributed by atoms with E-state index in [-0.39, 0.29) is 5.91 Å². The first kappa shape index (κ1) is 18.8. The lowest BCUT2D eigenvalue weighted by Crippen LogP contribution is -2.59. The molecule has 0 unspecified atom stereocenters. The minimum Gasteiger partial charge on any atom is -0.347 e. The summed E-state index contributed by atoms with van der Waals surface area (Å²) in [4.78, 5) is 17.0. The summed E-state index contributed by atoms with van der Waals surface area (Å²) in [5, 5.41) is 13.4. The smallest absolute Gasteiger partial charge is 0.242 e. The molecule has 1 aromatic carbocycles. The van der Waals surface area contributed by atoms with E-state index in [1.54, 1.807) is 4.90 Å². The Balaban J connectivity index is 1.41. The van der Waals surface area contributed by atoms with Gasteiger partial charge in [-0.3, -0.25) is 14.3 Å². The second kappa shape index (κ2) is 6.28. The number of likely N-dealkylation sites (N-methyl/N-ethyl adjacent to an activating group) is 1. The van der Waals surface area contributed by atoms with E-state index >= 15 is 0 Å². The van der Waals surface area contributed by atoms with Crippen molar-refractivity contribution in [2.45, 2.75) is 50.2 Å². The summed E-state index contributed by atoms with van der Waals surface area (Å²) >= 11 is 6.39. The lowest BCUT2D eigenvalue weighted by atomic mass is 9.58. The van der Waals surface area contributed by atoms with Gasteiger partial charge in [0.2, 0.25) is 5.91 Å². The maximum atomic E-state index is 13.0. The van der Waals surface area contributed by atoms with Crippen molar-refractivity contribution in [3.8, 4) is 5.69 Å². The van der Waals surface area contributed by atoms with Gasteiger partial charge in [0, 0.05) is 44.7 Å². The maximum Gasteiger partial charge on any atom is 0.242 e. The standard InChI is InChI=1S/C22H27ClN6O/c1-27(2)20(30)22(5-6-22)28-10-14-7-16(23)3-4-17(14)29-18(11-28)25-26-19(29)15-8-21(9-15)12-24-13-21/h3-4,7,15,24H,5-6,8-13H2,1-2H3. The Morgan fingerprint density at radius 1 is 1.20 bits per heavy atom. The van der Waals surface area contributed by atoms with Crippen molar-refractivity contribution < 1.29 is 4.79 Å². The fourth-order valence-corrected chi connectivity index (χ4v) is 5.92. The van der Waals surface area contributed by atoms with Gasteiger partial charge in [-0.25, -0.2) is 0 Å². The Kier molecular flexibility index (Phi) is 3.93. The predicted octanol–water partition coefficient (Wildman–Crippen LogP) is 2.32. The topological polar surface area (TPSA) is 66.3 Å². The van der Waals surface area contributed by atoms with Crippen molar-refractivity contribution in [2.75, 3.05) is 27.2 Å². The molecule has 0 radical (unpaired) electrons. The number of benzene rings is 1. The summed E-state index contributed by atoms with van der Waals surface area (Å²) < 4.78 is 2.26. The Bertz CT molecular complexity index is 1030. The molecule has 4 aliphatic rings. The number of fused-ring (bicyclic) bond motifs is 3. The summed E-state index contributed by atoms with van der Waals surface area (Å²) in [6, 6.07) is 6.07. The third kappa shape index (κ3) is 2.61. The number of aromatic nitrogens is 3. The van der Waals surface area contributed by atoms with Crippen molar-refractivity contribution in [3.05, 3.63) is 40.4 Å². The summed E-state index contributed by atoms with van der Waals surface area (Å²) in [5.41, 5.74) is 2.30. The van der Waals surface area contributed by atoms with Gasteiger partial charge >= 0.3 is 0 Å². The third-order valence-corrected chi connectivity index (χ3v) is 7.82. The van der Waals surface area contributed by atoms with Crippen LogP contribution in [0.25, 0.3) is 5.69 Å². The number of rotatable bonds is 3. The highest BCUT2D eigenvalue weighted by atomic mass is 35.5. The highest BCUT2D eigenvalue weighted by molar-refractivity contribution is 6.30. The van der Waals surface area contributed by atoms with Gasteiger partial charge in [0.25, 0.3) is 0 Å². The molecule has 1 saturated heterocycles. The second-order valence-corrected chi connectivity index (χ2v) is 10.3. The molecule has 1 aromatic heterocycles. The number of halogens is 1. The van der Waals surface area contributed by atoms with Crippen LogP contribution in [0.1, 0.15) is 48.8 Å². The number of hydrogen-bond donors (Lipinski definition) is 1. The molecule has 3 fully saturated rings. The quantitative estimate of drug-likeness (QED) is 0.815. The molecule has 2 aliphatic heterocycles. The van der Waals surface area contributed by atoms with Crippen molar-refractivity contribution in [1.29, 1.82) is 0 Å². The van der Waals surface area contributed by atoms with E-state index in [0.29, 0.717) is 24.4 Å². The van der Waals surface area contributed by atoms with Gasteiger partial charge in [-0.2, -0.15) is 0 Å². The van der Waals surface area contributed by atoms with Crippen LogP contribution in [0.15, 0.2) is 18.2 Å². The average molecular weight is 427 g/mol. The van der Waals surface area contributed by atoms with Crippen LogP contribution in [-0.4, -0.2) is 63.2 Å². The minimum absolute atomic E-state index is 0.178. The number of carbonyl (C=O) groups excluding carboxylic acids is 1. The van der Waals surface area contributed by atoms with Crippen LogP contribution in [0.2, 0.25) is 5.02 Å². The van der Waals surface area contributed by atoms with Gasteiger partial charge in [0.1, 0.15) is 11.4 Å². The number of carbonyl (C=O) groups is 1. The molecule has 30 heavy (non-hydrogen) atoms. The number of amides is 1. The molecule has 7 nitrogen and oxygen atoms in total. The zero-order chi connectivity index (χ0) is 20.7. The van der Waals surface area contributed by atoms with Gasteiger partial charge in [0.05, 0.1) is 12.2 Å². The van der Waals surface area contributed by atoms with Gasteiger partial charge in [-0.15, -0.1) is 10.2 Å². The van der Waals surface area contributed by atoms with Crippen molar-refractivity contribution >= 4 is 17.5 Å². The molecule has 8 heteroatoms. The summed E-state index contributed by atoms with van der Waals surface area (Å²) in [6.07, 6.45) is 4.12. The monoisotopic (exact) mass is 426 g/mol. The SMILES string of the molecule is CN(C)C(=O)C1(N2Cc3cc(Cl)ccc3-n3c(nnc3C3CC4(CNC4)C3)C2)CC1. The molecule has 0 atom stereocenters. The molecular formula is C22H27ClN6O. The first-order valence-electron chi connectivity index (χ1n) is 10.8. The fraction of sp³-hybridized carbons (Fsp3) is 0.591. The van der Waals surface area contributed by atoms with E-state index in [4.69, 9.17) is 11.6 Å². The molecular weight excluding hydrogens is 400 g/mol. The van der Waals surface area contributed by atoms with Gasteiger partial charge in [-0.1, -0.05) is 11.6 Å². The second-order valence-electron chi connectivity index (χ2n) is 9.88. The molecule has 158 valence electrons. The highest BCUT2D eigenvalue weighted by Gasteiger charge is 2.56. The maximum absolute atomic E-state index is 13.0. The van der Waals surface area contributed by atoms with Gasteiger partial charge in [-0.05, 0) is 54.9 Å². The van der Waals surface area contributed by atoms with Crippen LogP contribution in [0, 0.1) is 5.41 Å². The van der Waals surface area contributed by atoms with Crippen molar-refractivity contribution in [1.82, 2.24) is 29.9 Å². The Morgan fingerprint density at radius 2 is 1.97 bits per heavy atom. The molecule has 2 aromatic rings. The zero-order valence-electron chi connectivity index (χ0n) is 17.5. The molecule has 2 aliphatic carbocycles.